The number of para-hydroxylation sites is 1. The van der Waals surface area contributed by atoms with E-state index < -0.39 is 0 Å². The van der Waals surface area contributed by atoms with Gasteiger partial charge < -0.3 is 4.90 Å². The molecule has 0 amide bonds. The molecule has 9 aromatic rings. The summed E-state index contributed by atoms with van der Waals surface area (Å²) in [5.41, 5.74) is 20.7. The third-order valence-corrected chi connectivity index (χ3v) is 11.9. The lowest BCUT2D eigenvalue weighted by Gasteiger charge is -2.30. The van der Waals surface area contributed by atoms with Gasteiger partial charge in [0, 0.05) is 22.4 Å². The summed E-state index contributed by atoms with van der Waals surface area (Å²) in [6, 6.07) is 81.8. The van der Waals surface area contributed by atoms with E-state index in [-0.39, 0.29) is 5.41 Å². The van der Waals surface area contributed by atoms with E-state index in [9.17, 15) is 0 Å². The average Bonchev–Trinajstić information content (AvgIpc) is 3.52. The van der Waals surface area contributed by atoms with Crippen molar-refractivity contribution in [2.45, 2.75) is 19.3 Å². The minimum absolute atomic E-state index is 0.118. The van der Waals surface area contributed by atoms with Crippen LogP contribution in [-0.4, -0.2) is 0 Å². The first-order chi connectivity index (χ1) is 28.6. The molecule has 58 heavy (non-hydrogen) atoms. The largest absolute Gasteiger partial charge is 0.310 e. The van der Waals surface area contributed by atoms with Crippen molar-refractivity contribution in [2.24, 2.45) is 0 Å². The van der Waals surface area contributed by atoms with Gasteiger partial charge in [-0.3, -0.25) is 0 Å². The van der Waals surface area contributed by atoms with Crippen molar-refractivity contribution in [1.29, 1.82) is 0 Å². The first kappa shape index (κ1) is 35.2. The first-order valence-electron chi connectivity index (χ1n) is 20.2. The van der Waals surface area contributed by atoms with Crippen molar-refractivity contribution in [3.8, 4) is 66.8 Å². The molecule has 0 fully saturated rings. The van der Waals surface area contributed by atoms with Gasteiger partial charge in [0.15, 0.2) is 0 Å². The fourth-order valence-corrected chi connectivity index (χ4v) is 9.09. The van der Waals surface area contributed by atoms with Crippen molar-refractivity contribution in [3.05, 3.63) is 236 Å². The van der Waals surface area contributed by atoms with Crippen LogP contribution < -0.4 is 4.90 Å². The maximum atomic E-state index is 2.44. The third-order valence-electron chi connectivity index (χ3n) is 11.9. The maximum absolute atomic E-state index is 2.44. The van der Waals surface area contributed by atoms with Gasteiger partial charge in [-0.1, -0.05) is 208 Å². The summed E-state index contributed by atoms with van der Waals surface area (Å²) in [6.45, 7) is 4.71. The van der Waals surface area contributed by atoms with Gasteiger partial charge in [0.2, 0.25) is 0 Å². The summed E-state index contributed by atoms with van der Waals surface area (Å²) < 4.78 is 0. The molecule has 1 aliphatic carbocycles. The van der Waals surface area contributed by atoms with E-state index in [4.69, 9.17) is 0 Å². The fourth-order valence-electron chi connectivity index (χ4n) is 9.09. The van der Waals surface area contributed by atoms with Crippen LogP contribution in [0.4, 0.5) is 17.1 Å². The Morgan fingerprint density at radius 1 is 0.293 bits per heavy atom. The van der Waals surface area contributed by atoms with Crippen molar-refractivity contribution in [2.75, 3.05) is 4.90 Å². The second kappa shape index (κ2) is 14.7. The molecule has 0 heterocycles. The van der Waals surface area contributed by atoms with Crippen LogP contribution in [0.2, 0.25) is 0 Å². The van der Waals surface area contributed by atoms with Crippen molar-refractivity contribution >= 4 is 17.1 Å². The molecule has 1 aliphatic rings. The lowest BCUT2D eigenvalue weighted by molar-refractivity contribution is 0.660. The molecule has 0 saturated heterocycles. The van der Waals surface area contributed by atoms with Crippen molar-refractivity contribution < 1.29 is 0 Å². The van der Waals surface area contributed by atoms with E-state index in [2.05, 4.69) is 243 Å². The van der Waals surface area contributed by atoms with E-state index in [0.717, 1.165) is 17.1 Å². The SMILES string of the molecule is CC1(C)c2ccccc2-c2ccc(N(c3ccc(-c4cccc(-c5ccccc5)c4-c4ccccc4-c4ccccc4)cc3)c3ccccc3-c3ccccc3)cc21. The van der Waals surface area contributed by atoms with Gasteiger partial charge in [-0.25, -0.2) is 0 Å². The molecule has 0 radical (unpaired) electrons. The van der Waals surface area contributed by atoms with Crippen LogP contribution in [0, 0.1) is 0 Å². The van der Waals surface area contributed by atoms with Gasteiger partial charge in [-0.2, -0.15) is 0 Å². The third kappa shape index (κ3) is 6.13. The van der Waals surface area contributed by atoms with Crippen LogP contribution >= 0.6 is 0 Å². The molecule has 0 aromatic heterocycles. The summed E-state index contributed by atoms with van der Waals surface area (Å²) >= 11 is 0. The molecular formula is C57H43N. The van der Waals surface area contributed by atoms with Gasteiger partial charge in [-0.05, 0) is 103 Å². The van der Waals surface area contributed by atoms with Gasteiger partial charge >= 0.3 is 0 Å². The number of nitrogens with zero attached hydrogens (tertiary/aromatic N) is 1. The van der Waals surface area contributed by atoms with Crippen LogP contribution in [-0.2, 0) is 5.41 Å². The molecule has 1 nitrogen and oxygen atoms in total. The quantitative estimate of drug-likeness (QED) is 0.150. The molecule has 0 spiro atoms. The van der Waals surface area contributed by atoms with Crippen LogP contribution in [0.5, 0.6) is 0 Å². The average molecular weight is 742 g/mol. The van der Waals surface area contributed by atoms with Crippen LogP contribution in [0.3, 0.4) is 0 Å². The lowest BCUT2D eigenvalue weighted by atomic mass is 9.82. The standard InChI is InChI=1S/C57H43N/c1-57(2)53-31-16-14-27-50(53)51-38-37-45(39-54(51)57)58(55-32-17-15-26-47(55)41-21-8-4-9-22-41)44-35-33-43(34-36-44)49-30-18-29-48(42-23-10-5-11-24-42)56(49)52-28-13-12-25-46(52)40-19-6-3-7-20-40/h3-39H,1-2H3. The van der Waals surface area contributed by atoms with Crippen LogP contribution in [0.25, 0.3) is 66.8 Å². The zero-order valence-electron chi connectivity index (χ0n) is 32.8. The van der Waals surface area contributed by atoms with Gasteiger partial charge in [0.05, 0.1) is 5.69 Å². The highest BCUT2D eigenvalue weighted by Gasteiger charge is 2.36. The van der Waals surface area contributed by atoms with Gasteiger partial charge in [0.25, 0.3) is 0 Å². The van der Waals surface area contributed by atoms with E-state index in [1.54, 1.807) is 0 Å². The second-order valence-electron chi connectivity index (χ2n) is 15.7. The Kier molecular flexibility index (Phi) is 8.92. The Hall–Kier alpha value is -7.22. The number of benzene rings is 9. The van der Waals surface area contributed by atoms with E-state index in [1.807, 2.05) is 0 Å². The predicted molar refractivity (Wildman–Crippen MR) is 246 cm³/mol. The highest BCUT2D eigenvalue weighted by Crippen LogP contribution is 2.51. The zero-order valence-corrected chi connectivity index (χ0v) is 32.8. The molecule has 9 aromatic carbocycles. The van der Waals surface area contributed by atoms with Crippen molar-refractivity contribution in [1.82, 2.24) is 0 Å². The number of hydrogen-bond acceptors (Lipinski definition) is 1. The van der Waals surface area contributed by atoms with Crippen molar-refractivity contribution in [3.63, 3.8) is 0 Å². The fraction of sp³-hybridized carbons (Fsp3) is 0.0526. The Morgan fingerprint density at radius 2 is 0.724 bits per heavy atom. The minimum Gasteiger partial charge on any atom is -0.310 e. The summed E-state index contributed by atoms with van der Waals surface area (Å²) in [6.07, 6.45) is 0. The lowest BCUT2D eigenvalue weighted by Crippen LogP contribution is -2.16. The highest BCUT2D eigenvalue weighted by molar-refractivity contribution is 6.00. The molecule has 10 rings (SSSR count). The van der Waals surface area contributed by atoms with Gasteiger partial charge in [-0.15, -0.1) is 0 Å². The number of anilines is 3. The number of fused-ring (bicyclic) bond motifs is 3. The van der Waals surface area contributed by atoms with E-state index in [0.29, 0.717) is 0 Å². The minimum atomic E-state index is -0.118. The summed E-state index contributed by atoms with van der Waals surface area (Å²) in [7, 11) is 0. The first-order valence-corrected chi connectivity index (χ1v) is 20.2. The molecule has 0 unspecified atom stereocenters. The summed E-state index contributed by atoms with van der Waals surface area (Å²) in [5, 5.41) is 0. The summed E-state index contributed by atoms with van der Waals surface area (Å²) in [5.74, 6) is 0. The van der Waals surface area contributed by atoms with Gasteiger partial charge in [0.1, 0.15) is 0 Å². The number of rotatable bonds is 8. The normalized spacial score (nSPS) is 12.4. The number of hydrogen-bond donors (Lipinski definition) is 0. The molecule has 1 heteroatoms. The highest BCUT2D eigenvalue weighted by atomic mass is 15.1. The molecule has 276 valence electrons. The second-order valence-corrected chi connectivity index (χ2v) is 15.7. The smallest absolute Gasteiger partial charge is 0.0540 e. The molecule has 0 aliphatic heterocycles. The zero-order chi connectivity index (χ0) is 39.1. The topological polar surface area (TPSA) is 3.24 Å². The van der Waals surface area contributed by atoms with Crippen LogP contribution in [0.15, 0.2) is 224 Å². The molecule has 0 atom stereocenters. The Balaban J connectivity index is 1.15. The molecular weight excluding hydrogens is 699 g/mol. The Bertz CT molecular complexity index is 2890. The Labute approximate surface area is 342 Å². The maximum Gasteiger partial charge on any atom is 0.0540 e. The summed E-state index contributed by atoms with van der Waals surface area (Å²) in [4.78, 5) is 2.44. The van der Waals surface area contributed by atoms with E-state index >= 15 is 0 Å². The molecule has 0 saturated carbocycles. The predicted octanol–water partition coefficient (Wildman–Crippen LogP) is 15.8. The molecule has 0 bridgehead atoms. The van der Waals surface area contributed by atoms with Crippen LogP contribution in [0.1, 0.15) is 25.0 Å². The Morgan fingerprint density at radius 3 is 1.36 bits per heavy atom. The monoisotopic (exact) mass is 741 g/mol. The van der Waals surface area contributed by atoms with E-state index in [1.165, 1.54) is 77.9 Å². The molecule has 0 N–H and O–H groups in total.